The number of halogens is 1. The maximum absolute atomic E-state index is 5.53. The summed E-state index contributed by atoms with van der Waals surface area (Å²) in [4.78, 5) is 5.04. The van der Waals surface area contributed by atoms with Gasteiger partial charge in [-0.3, -0.25) is 10.8 Å². The monoisotopic (exact) mass is 288 g/mol. The standard InChI is InChI=1S/C7H9BrN6S/c1-14-6(7(8)12-13-14)5(11-9)4-2-10-3-15-4/h2-3,5,11H,9H2,1H3. The van der Waals surface area contributed by atoms with Gasteiger partial charge in [-0.05, 0) is 15.9 Å². The number of aromatic nitrogens is 4. The second-order valence-electron chi connectivity index (χ2n) is 2.89. The van der Waals surface area contributed by atoms with Gasteiger partial charge in [0, 0.05) is 18.1 Å². The lowest BCUT2D eigenvalue weighted by Gasteiger charge is -2.13. The maximum Gasteiger partial charge on any atom is 0.153 e. The molecule has 0 aliphatic carbocycles. The van der Waals surface area contributed by atoms with E-state index in [1.54, 1.807) is 16.4 Å². The first-order chi connectivity index (χ1) is 7.24. The number of hydrogen-bond donors (Lipinski definition) is 2. The summed E-state index contributed by atoms with van der Waals surface area (Å²) in [6.45, 7) is 0. The average molecular weight is 289 g/mol. The van der Waals surface area contributed by atoms with Crippen molar-refractivity contribution in [2.75, 3.05) is 0 Å². The van der Waals surface area contributed by atoms with E-state index >= 15 is 0 Å². The largest absolute Gasteiger partial charge is 0.270 e. The molecule has 8 heteroatoms. The Hall–Kier alpha value is -0.830. The van der Waals surface area contributed by atoms with Crippen molar-refractivity contribution in [3.63, 3.8) is 0 Å². The van der Waals surface area contributed by atoms with Crippen LogP contribution in [0.2, 0.25) is 0 Å². The number of nitrogens with zero attached hydrogens (tertiary/aromatic N) is 4. The Balaban J connectivity index is 2.44. The summed E-state index contributed by atoms with van der Waals surface area (Å²) in [5.41, 5.74) is 5.37. The van der Waals surface area contributed by atoms with Crippen LogP contribution in [0.25, 0.3) is 0 Å². The Morgan fingerprint density at radius 1 is 1.67 bits per heavy atom. The van der Waals surface area contributed by atoms with Crippen molar-refractivity contribution in [1.82, 2.24) is 25.4 Å². The second-order valence-corrected chi connectivity index (χ2v) is 4.56. The molecule has 0 radical (unpaired) electrons. The van der Waals surface area contributed by atoms with Crippen LogP contribution in [-0.2, 0) is 7.05 Å². The van der Waals surface area contributed by atoms with Crippen LogP contribution in [0.3, 0.4) is 0 Å². The fourth-order valence-corrected chi connectivity index (χ4v) is 2.55. The summed E-state index contributed by atoms with van der Waals surface area (Å²) in [6, 6.07) is -0.146. The molecule has 0 saturated heterocycles. The van der Waals surface area contributed by atoms with E-state index in [1.807, 2.05) is 7.05 Å². The molecule has 2 heterocycles. The highest BCUT2D eigenvalue weighted by Gasteiger charge is 2.21. The molecule has 0 aliphatic rings. The van der Waals surface area contributed by atoms with Crippen LogP contribution in [0.15, 0.2) is 16.3 Å². The van der Waals surface area contributed by atoms with Gasteiger partial charge in [0.15, 0.2) is 4.60 Å². The summed E-state index contributed by atoms with van der Waals surface area (Å²) >= 11 is 4.87. The predicted molar refractivity (Wildman–Crippen MR) is 60.0 cm³/mol. The van der Waals surface area contributed by atoms with Gasteiger partial charge in [0.25, 0.3) is 0 Å². The molecule has 2 aromatic heterocycles. The zero-order chi connectivity index (χ0) is 10.8. The van der Waals surface area contributed by atoms with E-state index in [4.69, 9.17) is 5.84 Å². The molecule has 6 nitrogen and oxygen atoms in total. The molecular weight excluding hydrogens is 280 g/mol. The van der Waals surface area contributed by atoms with Crippen molar-refractivity contribution in [3.05, 3.63) is 26.9 Å². The first kappa shape index (κ1) is 10.7. The third kappa shape index (κ3) is 1.93. The molecule has 15 heavy (non-hydrogen) atoms. The average Bonchev–Trinajstić information content (AvgIpc) is 2.83. The zero-order valence-corrected chi connectivity index (χ0v) is 10.3. The molecule has 0 saturated carbocycles. The van der Waals surface area contributed by atoms with Crippen LogP contribution < -0.4 is 11.3 Å². The van der Waals surface area contributed by atoms with Gasteiger partial charge in [-0.1, -0.05) is 5.21 Å². The lowest BCUT2D eigenvalue weighted by molar-refractivity contribution is 0.575. The minimum atomic E-state index is -0.146. The number of nitrogens with one attached hydrogen (secondary N) is 1. The number of thiazole rings is 1. The summed E-state index contributed by atoms with van der Waals surface area (Å²) in [6.07, 6.45) is 1.77. The second kappa shape index (κ2) is 4.35. The summed E-state index contributed by atoms with van der Waals surface area (Å²) in [5, 5.41) is 7.82. The molecule has 1 unspecified atom stereocenters. The quantitative estimate of drug-likeness (QED) is 0.638. The number of aryl methyl sites for hydroxylation is 1. The fourth-order valence-electron chi connectivity index (χ4n) is 1.31. The predicted octanol–water partition coefficient (Wildman–Crippen LogP) is 0.587. The Kier molecular flexibility index (Phi) is 3.10. The van der Waals surface area contributed by atoms with E-state index in [0.717, 1.165) is 10.6 Å². The van der Waals surface area contributed by atoms with Crippen molar-refractivity contribution in [2.24, 2.45) is 12.9 Å². The number of nitrogens with two attached hydrogens (primary N) is 1. The van der Waals surface area contributed by atoms with Gasteiger partial charge in [-0.25, -0.2) is 10.1 Å². The van der Waals surface area contributed by atoms with Crippen molar-refractivity contribution in [3.8, 4) is 0 Å². The van der Waals surface area contributed by atoms with Crippen LogP contribution in [0, 0.1) is 0 Å². The van der Waals surface area contributed by atoms with Gasteiger partial charge in [0.05, 0.1) is 11.2 Å². The van der Waals surface area contributed by atoms with Gasteiger partial charge >= 0.3 is 0 Å². The van der Waals surface area contributed by atoms with Crippen LogP contribution in [0.4, 0.5) is 0 Å². The van der Waals surface area contributed by atoms with Crippen molar-refractivity contribution in [2.45, 2.75) is 6.04 Å². The molecule has 0 aromatic carbocycles. The Morgan fingerprint density at radius 2 is 2.47 bits per heavy atom. The molecule has 0 spiro atoms. The molecule has 2 rings (SSSR count). The van der Waals surface area contributed by atoms with E-state index < -0.39 is 0 Å². The highest BCUT2D eigenvalue weighted by Crippen LogP contribution is 2.27. The topological polar surface area (TPSA) is 81.7 Å². The van der Waals surface area contributed by atoms with E-state index in [0.29, 0.717) is 4.60 Å². The van der Waals surface area contributed by atoms with Crippen molar-refractivity contribution in [1.29, 1.82) is 0 Å². The molecule has 1 atom stereocenters. The van der Waals surface area contributed by atoms with E-state index in [9.17, 15) is 0 Å². The zero-order valence-electron chi connectivity index (χ0n) is 7.88. The summed E-state index contributed by atoms with van der Waals surface area (Å²) < 4.78 is 2.36. The molecule has 0 amide bonds. The summed E-state index contributed by atoms with van der Waals surface area (Å²) in [7, 11) is 1.82. The molecule has 3 N–H and O–H groups in total. The molecule has 0 fully saturated rings. The van der Waals surface area contributed by atoms with Gasteiger partial charge in [0.1, 0.15) is 6.04 Å². The SMILES string of the molecule is Cn1nnc(Br)c1C(NN)c1cncs1. The van der Waals surface area contributed by atoms with E-state index in [-0.39, 0.29) is 6.04 Å². The van der Waals surface area contributed by atoms with Crippen molar-refractivity contribution >= 4 is 27.3 Å². The number of hydrazine groups is 1. The molecule has 80 valence electrons. The first-order valence-corrected chi connectivity index (χ1v) is 5.81. The minimum absolute atomic E-state index is 0.146. The van der Waals surface area contributed by atoms with Crippen molar-refractivity contribution < 1.29 is 0 Å². The number of rotatable bonds is 3. The van der Waals surface area contributed by atoms with Gasteiger partial charge < -0.3 is 0 Å². The highest BCUT2D eigenvalue weighted by atomic mass is 79.9. The van der Waals surface area contributed by atoms with Crippen LogP contribution >= 0.6 is 27.3 Å². The number of hydrogen-bond acceptors (Lipinski definition) is 6. The van der Waals surface area contributed by atoms with E-state index in [2.05, 4.69) is 36.7 Å². The molecular formula is C7H9BrN6S. The normalized spacial score (nSPS) is 13.0. The van der Waals surface area contributed by atoms with Gasteiger partial charge in [-0.2, -0.15) is 0 Å². The molecule has 0 aliphatic heterocycles. The van der Waals surface area contributed by atoms with Crippen LogP contribution in [0.5, 0.6) is 0 Å². The van der Waals surface area contributed by atoms with Crippen LogP contribution in [0.1, 0.15) is 16.6 Å². The molecule has 0 bridgehead atoms. The maximum atomic E-state index is 5.53. The Labute approximate surface area is 98.6 Å². The first-order valence-electron chi connectivity index (χ1n) is 4.13. The molecule has 2 aromatic rings. The lowest BCUT2D eigenvalue weighted by atomic mass is 10.2. The fraction of sp³-hybridized carbons (Fsp3) is 0.286. The van der Waals surface area contributed by atoms with Crippen LogP contribution in [-0.4, -0.2) is 20.0 Å². The summed E-state index contributed by atoms with van der Waals surface area (Å²) in [5.74, 6) is 5.53. The third-order valence-corrected chi connectivity index (χ3v) is 3.41. The highest BCUT2D eigenvalue weighted by molar-refractivity contribution is 9.10. The third-order valence-electron chi connectivity index (χ3n) is 2.00. The lowest BCUT2D eigenvalue weighted by Crippen LogP contribution is -2.30. The van der Waals surface area contributed by atoms with Gasteiger partial charge in [-0.15, -0.1) is 16.4 Å². The smallest absolute Gasteiger partial charge is 0.153 e. The minimum Gasteiger partial charge on any atom is -0.270 e. The van der Waals surface area contributed by atoms with Gasteiger partial charge in [0.2, 0.25) is 0 Å². The Morgan fingerprint density at radius 3 is 2.93 bits per heavy atom. The van der Waals surface area contributed by atoms with E-state index in [1.165, 1.54) is 11.3 Å². The Bertz CT molecular complexity index is 419.